The molecule has 0 spiro atoms. The van der Waals surface area contributed by atoms with E-state index in [2.05, 4.69) is 14.7 Å². The molecule has 0 aliphatic carbocycles. The van der Waals surface area contributed by atoms with E-state index in [-0.39, 0.29) is 11.1 Å². The largest absolute Gasteiger partial charge is 0.485 e. The Labute approximate surface area is 134 Å². The Morgan fingerprint density at radius 2 is 2.17 bits per heavy atom. The fraction of sp³-hybridized carbons (Fsp3) is 0.125. The van der Waals surface area contributed by atoms with Crippen molar-refractivity contribution < 1.29 is 13.7 Å². The van der Waals surface area contributed by atoms with Crippen LogP contribution in [0.15, 0.2) is 45.7 Å². The van der Waals surface area contributed by atoms with Crippen molar-refractivity contribution in [3.63, 3.8) is 0 Å². The predicted molar refractivity (Wildman–Crippen MR) is 81.0 cm³/mol. The molecule has 2 heterocycles. The first-order valence-electron chi connectivity index (χ1n) is 6.91. The monoisotopic (exact) mass is 332 g/mol. The van der Waals surface area contributed by atoms with Gasteiger partial charge in [-0.3, -0.25) is 9.51 Å². The summed E-state index contributed by atoms with van der Waals surface area (Å²) >= 11 is 5.81. The highest BCUT2D eigenvalue weighted by molar-refractivity contribution is 6.30. The lowest BCUT2D eigenvalue weighted by Crippen LogP contribution is -2.03. The number of fused-ring (bicyclic) bond motifs is 1. The number of halogens is 2. The van der Waals surface area contributed by atoms with Crippen molar-refractivity contribution in [3.05, 3.63) is 68.9 Å². The minimum Gasteiger partial charge on any atom is -0.485 e. The molecule has 23 heavy (non-hydrogen) atoms. The summed E-state index contributed by atoms with van der Waals surface area (Å²) < 4.78 is 23.8. The van der Waals surface area contributed by atoms with E-state index >= 15 is 0 Å². The Hall–Kier alpha value is -2.60. The van der Waals surface area contributed by atoms with Gasteiger partial charge in [-0.2, -0.15) is 0 Å². The number of hydrogen-bond donors (Lipinski definition) is 1. The minimum atomic E-state index is -0.611. The van der Waals surface area contributed by atoms with Gasteiger partial charge in [0.05, 0.1) is 5.02 Å². The lowest BCUT2D eigenvalue weighted by atomic mass is 10.0. The fourth-order valence-corrected chi connectivity index (χ4v) is 2.85. The number of benzene rings is 2. The number of hydrogen-bond acceptors (Lipinski definition) is 4. The molecule has 1 atom stereocenters. The number of aromatic amines is 1. The van der Waals surface area contributed by atoms with Crippen molar-refractivity contribution in [2.75, 3.05) is 0 Å². The van der Waals surface area contributed by atoms with Gasteiger partial charge in [-0.1, -0.05) is 35.0 Å². The zero-order valence-electron chi connectivity index (χ0n) is 11.7. The zero-order valence-corrected chi connectivity index (χ0v) is 12.4. The summed E-state index contributed by atoms with van der Waals surface area (Å²) in [6, 6.07) is 10.3. The molecular formula is C16H10ClFN2O3. The molecule has 1 aliphatic rings. The molecule has 0 bridgehead atoms. The van der Waals surface area contributed by atoms with Crippen LogP contribution in [0.5, 0.6) is 5.75 Å². The number of ether oxygens (including phenoxy) is 1. The van der Waals surface area contributed by atoms with Crippen LogP contribution in [0.4, 0.5) is 4.39 Å². The summed E-state index contributed by atoms with van der Waals surface area (Å²) in [5.74, 6) is -0.265. The van der Waals surface area contributed by atoms with Crippen molar-refractivity contribution in [2.24, 2.45) is 0 Å². The molecule has 4 rings (SSSR count). The van der Waals surface area contributed by atoms with Gasteiger partial charge in [0.2, 0.25) is 0 Å². The molecule has 0 unspecified atom stereocenters. The topological polar surface area (TPSA) is 68.1 Å². The third-order valence-electron chi connectivity index (χ3n) is 3.75. The molecule has 0 radical (unpaired) electrons. The maximum absolute atomic E-state index is 13.5. The van der Waals surface area contributed by atoms with E-state index in [1.807, 2.05) is 18.2 Å². The lowest BCUT2D eigenvalue weighted by molar-refractivity contribution is 0.238. The van der Waals surface area contributed by atoms with Crippen LogP contribution in [-0.4, -0.2) is 10.1 Å². The Morgan fingerprint density at radius 1 is 1.30 bits per heavy atom. The quantitative estimate of drug-likeness (QED) is 0.780. The van der Waals surface area contributed by atoms with Crippen molar-refractivity contribution in [1.29, 1.82) is 0 Å². The van der Waals surface area contributed by atoms with E-state index in [9.17, 15) is 9.18 Å². The summed E-state index contributed by atoms with van der Waals surface area (Å²) in [4.78, 5) is 13.6. The number of aromatic nitrogens is 2. The standard InChI is InChI=1S/C16H10ClFN2O3/c17-11-5-10-6-13(22-14(10)7-12(11)18)8-2-1-3-9(4-8)15-19-16(21)23-20-15/h1-5,7,13H,6H2,(H,19,20,21)/t13-/m0/s1. The zero-order chi connectivity index (χ0) is 16.0. The highest BCUT2D eigenvalue weighted by Gasteiger charge is 2.26. The number of nitrogens with one attached hydrogen (secondary N) is 1. The van der Waals surface area contributed by atoms with Gasteiger partial charge >= 0.3 is 5.76 Å². The van der Waals surface area contributed by atoms with Crippen molar-refractivity contribution in [3.8, 4) is 17.1 Å². The van der Waals surface area contributed by atoms with Crippen LogP contribution >= 0.6 is 11.6 Å². The molecule has 5 nitrogen and oxygen atoms in total. The van der Waals surface area contributed by atoms with Crippen LogP contribution in [0.3, 0.4) is 0 Å². The van der Waals surface area contributed by atoms with E-state index in [1.54, 1.807) is 12.1 Å². The van der Waals surface area contributed by atoms with Crippen LogP contribution in [0.25, 0.3) is 11.4 Å². The predicted octanol–water partition coefficient (Wildman–Crippen LogP) is 3.50. The molecule has 3 aromatic rings. The maximum Gasteiger partial charge on any atom is 0.439 e. The van der Waals surface area contributed by atoms with Gasteiger partial charge in [0.25, 0.3) is 0 Å². The first-order chi connectivity index (χ1) is 11.1. The van der Waals surface area contributed by atoms with Crippen LogP contribution in [0.2, 0.25) is 5.02 Å². The number of H-pyrrole nitrogens is 1. The SMILES string of the molecule is O=c1[nH]c(-c2cccc([C@@H]3Cc4cc(Cl)c(F)cc4O3)c2)no1. The molecule has 1 aliphatic heterocycles. The Morgan fingerprint density at radius 3 is 2.96 bits per heavy atom. The van der Waals surface area contributed by atoms with Gasteiger partial charge in [0.15, 0.2) is 5.82 Å². The number of rotatable bonds is 2. The maximum atomic E-state index is 13.5. The van der Waals surface area contributed by atoms with Crippen LogP contribution in [0, 0.1) is 5.82 Å². The van der Waals surface area contributed by atoms with Gasteiger partial charge < -0.3 is 4.74 Å². The molecule has 1 aromatic heterocycles. The van der Waals surface area contributed by atoms with Crippen molar-refractivity contribution in [2.45, 2.75) is 12.5 Å². The van der Waals surface area contributed by atoms with Gasteiger partial charge in [-0.25, -0.2) is 9.18 Å². The molecule has 1 N–H and O–H groups in total. The van der Waals surface area contributed by atoms with Crippen molar-refractivity contribution >= 4 is 11.6 Å². The third kappa shape index (κ3) is 2.51. The summed E-state index contributed by atoms with van der Waals surface area (Å²) in [5, 5.41) is 3.75. The molecule has 0 saturated carbocycles. The lowest BCUT2D eigenvalue weighted by Gasteiger charge is -2.11. The molecule has 0 amide bonds. The van der Waals surface area contributed by atoms with Gasteiger partial charge in [-0.15, -0.1) is 0 Å². The Balaban J connectivity index is 1.66. The highest BCUT2D eigenvalue weighted by atomic mass is 35.5. The van der Waals surface area contributed by atoms with E-state index in [1.165, 1.54) is 6.07 Å². The summed E-state index contributed by atoms with van der Waals surface area (Å²) in [5.41, 5.74) is 2.46. The Kier molecular flexibility index (Phi) is 3.20. The Bertz CT molecular complexity index is 919. The average molecular weight is 333 g/mol. The molecule has 0 saturated heterocycles. The van der Waals surface area contributed by atoms with E-state index in [0.717, 1.165) is 11.1 Å². The second kappa shape index (κ2) is 5.24. The van der Waals surface area contributed by atoms with Crippen LogP contribution < -0.4 is 10.5 Å². The minimum absolute atomic E-state index is 0.0851. The van der Waals surface area contributed by atoms with Gasteiger partial charge in [0, 0.05) is 18.1 Å². The molecule has 2 aromatic carbocycles. The van der Waals surface area contributed by atoms with E-state index < -0.39 is 11.6 Å². The number of nitrogens with zero attached hydrogens (tertiary/aromatic N) is 1. The first-order valence-corrected chi connectivity index (χ1v) is 7.29. The molecule has 0 fully saturated rings. The summed E-state index contributed by atoms with van der Waals surface area (Å²) in [6.07, 6.45) is 0.343. The average Bonchev–Trinajstić information content (AvgIpc) is 3.14. The van der Waals surface area contributed by atoms with Crippen molar-refractivity contribution in [1.82, 2.24) is 10.1 Å². The fourth-order valence-electron chi connectivity index (χ4n) is 2.66. The molecular weight excluding hydrogens is 323 g/mol. The molecule has 7 heteroatoms. The summed E-state index contributed by atoms with van der Waals surface area (Å²) in [7, 11) is 0. The second-order valence-corrected chi connectivity index (χ2v) is 5.66. The second-order valence-electron chi connectivity index (χ2n) is 5.25. The highest BCUT2D eigenvalue weighted by Crippen LogP contribution is 2.39. The molecule has 116 valence electrons. The van der Waals surface area contributed by atoms with Gasteiger partial charge in [0.1, 0.15) is 17.7 Å². The first kappa shape index (κ1) is 14.0. The van der Waals surface area contributed by atoms with E-state index in [0.29, 0.717) is 23.6 Å². The third-order valence-corrected chi connectivity index (χ3v) is 4.04. The van der Waals surface area contributed by atoms with E-state index in [4.69, 9.17) is 16.3 Å². The van der Waals surface area contributed by atoms with Crippen LogP contribution in [0.1, 0.15) is 17.2 Å². The summed E-state index contributed by atoms with van der Waals surface area (Å²) in [6.45, 7) is 0. The van der Waals surface area contributed by atoms with Crippen LogP contribution in [-0.2, 0) is 6.42 Å². The van der Waals surface area contributed by atoms with Gasteiger partial charge in [-0.05, 0) is 23.3 Å². The smallest absolute Gasteiger partial charge is 0.439 e. The normalized spacial score (nSPS) is 16.2.